The quantitative estimate of drug-likeness (QED) is 0.559. The number of aromatic nitrogens is 1. The maximum atomic E-state index is 9.00. The van der Waals surface area contributed by atoms with Gasteiger partial charge >= 0.3 is 0 Å². The van der Waals surface area contributed by atoms with Gasteiger partial charge in [0, 0.05) is 38.6 Å². The van der Waals surface area contributed by atoms with Crippen molar-refractivity contribution in [1.29, 1.82) is 0 Å². The second-order valence-corrected chi connectivity index (χ2v) is 3.59. The minimum Gasteiger partial charge on any atom is -0.392 e. The van der Waals surface area contributed by atoms with Crippen LogP contribution in [0.3, 0.4) is 0 Å². The number of hydrogen-bond acceptors (Lipinski definition) is 4. The zero-order valence-electron chi connectivity index (χ0n) is 9.11. The van der Waals surface area contributed by atoms with Crippen molar-refractivity contribution in [3.8, 4) is 0 Å². The zero-order valence-corrected chi connectivity index (χ0v) is 9.11. The largest absolute Gasteiger partial charge is 0.392 e. The van der Waals surface area contributed by atoms with Crippen LogP contribution in [0.2, 0.25) is 0 Å². The van der Waals surface area contributed by atoms with Crippen molar-refractivity contribution in [1.82, 2.24) is 15.6 Å². The summed E-state index contributed by atoms with van der Waals surface area (Å²) in [7, 11) is 0. The predicted molar refractivity (Wildman–Crippen MR) is 60.5 cm³/mol. The third kappa shape index (κ3) is 6.17. The highest BCUT2D eigenvalue weighted by atomic mass is 16.3. The summed E-state index contributed by atoms with van der Waals surface area (Å²) < 4.78 is 0. The zero-order chi connectivity index (χ0) is 10.9. The van der Waals surface area contributed by atoms with E-state index in [1.807, 2.05) is 12.1 Å². The van der Waals surface area contributed by atoms with Crippen molar-refractivity contribution in [2.45, 2.75) is 19.6 Å². The van der Waals surface area contributed by atoms with Crippen LogP contribution in [0, 0.1) is 0 Å². The van der Waals surface area contributed by atoms with Crippen LogP contribution in [0.15, 0.2) is 24.5 Å². The molecule has 0 aliphatic carbocycles. The molecule has 0 bridgehead atoms. The summed E-state index contributed by atoms with van der Waals surface area (Å²) in [5.74, 6) is 0. The lowest BCUT2D eigenvalue weighted by atomic mass is 10.3. The van der Waals surface area contributed by atoms with Crippen molar-refractivity contribution < 1.29 is 5.11 Å². The molecule has 1 aromatic rings. The minimum absolute atomic E-state index is 0.273. The molecule has 0 aromatic carbocycles. The van der Waals surface area contributed by atoms with E-state index in [9.17, 15) is 0 Å². The van der Waals surface area contributed by atoms with Crippen LogP contribution in [0.1, 0.15) is 12.5 Å². The third-order valence-electron chi connectivity index (χ3n) is 2.00. The van der Waals surface area contributed by atoms with Gasteiger partial charge in [-0.2, -0.15) is 0 Å². The topological polar surface area (TPSA) is 57.2 Å². The van der Waals surface area contributed by atoms with Gasteiger partial charge in [-0.25, -0.2) is 0 Å². The Morgan fingerprint density at radius 1 is 1.27 bits per heavy atom. The number of aliphatic hydroxyl groups excluding tert-OH is 1. The summed E-state index contributed by atoms with van der Waals surface area (Å²) in [6.07, 6.45) is 3.32. The highest BCUT2D eigenvalue weighted by Crippen LogP contribution is 1.93. The number of aliphatic hydroxyl groups is 1. The van der Waals surface area contributed by atoms with Gasteiger partial charge in [-0.1, -0.05) is 0 Å². The fraction of sp³-hybridized carbons (Fsp3) is 0.545. The van der Waals surface area contributed by atoms with Gasteiger partial charge in [0.2, 0.25) is 0 Å². The van der Waals surface area contributed by atoms with E-state index in [1.54, 1.807) is 19.3 Å². The fourth-order valence-electron chi connectivity index (χ4n) is 1.22. The van der Waals surface area contributed by atoms with Gasteiger partial charge in [0.05, 0.1) is 6.10 Å². The molecule has 4 heteroatoms. The average Bonchev–Trinajstić information content (AvgIpc) is 2.24. The third-order valence-corrected chi connectivity index (χ3v) is 2.00. The van der Waals surface area contributed by atoms with E-state index in [0.29, 0.717) is 6.54 Å². The number of nitrogens with zero attached hydrogens (tertiary/aromatic N) is 1. The van der Waals surface area contributed by atoms with Crippen LogP contribution >= 0.6 is 0 Å². The molecule has 0 aliphatic heterocycles. The van der Waals surface area contributed by atoms with E-state index in [2.05, 4.69) is 15.6 Å². The maximum Gasteiger partial charge on any atom is 0.0636 e. The van der Waals surface area contributed by atoms with Crippen LogP contribution in [-0.2, 0) is 6.54 Å². The van der Waals surface area contributed by atoms with Crippen molar-refractivity contribution >= 4 is 0 Å². The molecular weight excluding hydrogens is 190 g/mol. The molecular formula is C11H19N3O. The van der Waals surface area contributed by atoms with Gasteiger partial charge in [-0.15, -0.1) is 0 Å². The molecule has 0 fully saturated rings. The Balaban J connectivity index is 1.98. The molecule has 0 radical (unpaired) electrons. The van der Waals surface area contributed by atoms with E-state index in [-0.39, 0.29) is 6.10 Å². The first kappa shape index (κ1) is 12.1. The molecule has 4 nitrogen and oxygen atoms in total. The number of rotatable bonds is 7. The van der Waals surface area contributed by atoms with Crippen LogP contribution < -0.4 is 10.6 Å². The Bertz CT molecular complexity index is 251. The normalized spacial score (nSPS) is 12.7. The SMILES string of the molecule is C[C@@H](O)CNCCNCc1ccncc1. The smallest absolute Gasteiger partial charge is 0.0636 e. The molecule has 0 amide bonds. The monoisotopic (exact) mass is 209 g/mol. The molecule has 3 N–H and O–H groups in total. The Labute approximate surface area is 90.7 Å². The number of hydrogen-bond donors (Lipinski definition) is 3. The van der Waals surface area contributed by atoms with Gasteiger partial charge in [-0.05, 0) is 24.6 Å². The Morgan fingerprint density at radius 3 is 2.60 bits per heavy atom. The first-order chi connectivity index (χ1) is 7.29. The lowest BCUT2D eigenvalue weighted by molar-refractivity contribution is 0.191. The predicted octanol–water partition coefficient (Wildman–Crippen LogP) is 0.142. The van der Waals surface area contributed by atoms with Crippen molar-refractivity contribution in [3.63, 3.8) is 0 Å². The molecule has 0 saturated carbocycles. The Kier molecular flexibility index (Phi) is 5.92. The van der Waals surface area contributed by atoms with Gasteiger partial charge < -0.3 is 15.7 Å². The lowest BCUT2D eigenvalue weighted by Gasteiger charge is -2.07. The summed E-state index contributed by atoms with van der Waals surface area (Å²) >= 11 is 0. The van der Waals surface area contributed by atoms with Crippen molar-refractivity contribution in [3.05, 3.63) is 30.1 Å². The molecule has 0 aliphatic rings. The molecule has 15 heavy (non-hydrogen) atoms. The summed E-state index contributed by atoms with van der Waals surface area (Å²) in [5, 5.41) is 15.4. The molecule has 1 heterocycles. The van der Waals surface area contributed by atoms with E-state index < -0.39 is 0 Å². The van der Waals surface area contributed by atoms with Crippen LogP contribution in [0.5, 0.6) is 0 Å². The van der Waals surface area contributed by atoms with Gasteiger partial charge in [0.15, 0.2) is 0 Å². The van der Waals surface area contributed by atoms with E-state index in [0.717, 1.165) is 19.6 Å². The fourth-order valence-corrected chi connectivity index (χ4v) is 1.22. The number of nitrogens with one attached hydrogen (secondary N) is 2. The maximum absolute atomic E-state index is 9.00. The van der Waals surface area contributed by atoms with Gasteiger partial charge in [-0.3, -0.25) is 4.98 Å². The average molecular weight is 209 g/mol. The Hall–Kier alpha value is -0.970. The summed E-state index contributed by atoms with van der Waals surface area (Å²) in [4.78, 5) is 3.95. The van der Waals surface area contributed by atoms with E-state index in [1.165, 1.54) is 5.56 Å². The highest BCUT2D eigenvalue weighted by Gasteiger charge is 1.94. The molecule has 1 aromatic heterocycles. The molecule has 0 unspecified atom stereocenters. The molecule has 84 valence electrons. The number of pyridine rings is 1. The van der Waals surface area contributed by atoms with Crippen LogP contribution in [0.4, 0.5) is 0 Å². The summed E-state index contributed by atoms with van der Waals surface area (Å²) in [6, 6.07) is 3.99. The van der Waals surface area contributed by atoms with E-state index in [4.69, 9.17) is 5.11 Å². The van der Waals surface area contributed by atoms with Crippen LogP contribution in [0.25, 0.3) is 0 Å². The minimum atomic E-state index is -0.273. The molecule has 0 spiro atoms. The second-order valence-electron chi connectivity index (χ2n) is 3.59. The van der Waals surface area contributed by atoms with Gasteiger partial charge in [0.25, 0.3) is 0 Å². The Morgan fingerprint density at radius 2 is 1.93 bits per heavy atom. The standard InChI is InChI=1S/C11H19N3O/c1-10(15)8-13-6-7-14-9-11-2-4-12-5-3-11/h2-5,10,13-15H,6-9H2,1H3/t10-/m1/s1. The molecule has 1 atom stereocenters. The molecule has 0 saturated heterocycles. The van der Waals surface area contributed by atoms with E-state index >= 15 is 0 Å². The highest BCUT2D eigenvalue weighted by molar-refractivity contribution is 5.08. The first-order valence-electron chi connectivity index (χ1n) is 5.27. The molecule has 1 rings (SSSR count). The van der Waals surface area contributed by atoms with Crippen LogP contribution in [-0.4, -0.2) is 35.8 Å². The first-order valence-corrected chi connectivity index (χ1v) is 5.27. The van der Waals surface area contributed by atoms with Gasteiger partial charge in [0.1, 0.15) is 0 Å². The van der Waals surface area contributed by atoms with Crippen molar-refractivity contribution in [2.24, 2.45) is 0 Å². The lowest BCUT2D eigenvalue weighted by Crippen LogP contribution is -2.31. The summed E-state index contributed by atoms with van der Waals surface area (Å²) in [5.41, 5.74) is 1.24. The van der Waals surface area contributed by atoms with Crippen molar-refractivity contribution in [2.75, 3.05) is 19.6 Å². The summed E-state index contributed by atoms with van der Waals surface area (Å²) in [6.45, 7) is 5.05. The second kappa shape index (κ2) is 7.34.